The maximum absolute atomic E-state index is 11.4. The molecular formula is C12H17ClN2OS. The van der Waals surface area contributed by atoms with E-state index in [-0.39, 0.29) is 5.91 Å². The van der Waals surface area contributed by atoms with E-state index in [9.17, 15) is 4.79 Å². The van der Waals surface area contributed by atoms with Crippen molar-refractivity contribution >= 4 is 28.8 Å². The summed E-state index contributed by atoms with van der Waals surface area (Å²) in [4.78, 5) is 14.4. The lowest BCUT2D eigenvalue weighted by Gasteiger charge is -2.32. The molecular weight excluding hydrogens is 256 g/mol. The number of rotatable bonds is 3. The van der Waals surface area contributed by atoms with Gasteiger partial charge in [0.05, 0.1) is 4.34 Å². The van der Waals surface area contributed by atoms with Gasteiger partial charge in [-0.25, -0.2) is 0 Å². The lowest BCUT2D eigenvalue weighted by Crippen LogP contribution is -2.47. The van der Waals surface area contributed by atoms with E-state index >= 15 is 0 Å². The smallest absolute Gasteiger partial charge is 0.222 e. The van der Waals surface area contributed by atoms with Gasteiger partial charge in [-0.3, -0.25) is 4.79 Å². The van der Waals surface area contributed by atoms with Gasteiger partial charge >= 0.3 is 0 Å². The molecule has 1 fully saturated rings. The van der Waals surface area contributed by atoms with Crippen molar-refractivity contribution in [1.29, 1.82) is 0 Å². The number of hydrogen-bond donors (Lipinski definition) is 1. The molecule has 2 rings (SSSR count). The molecule has 2 atom stereocenters. The summed E-state index contributed by atoms with van der Waals surface area (Å²) in [5.41, 5.74) is 0. The molecule has 0 aliphatic carbocycles. The first-order valence-corrected chi connectivity index (χ1v) is 7.01. The summed E-state index contributed by atoms with van der Waals surface area (Å²) in [5, 5.41) is 3.56. The molecule has 0 spiro atoms. The van der Waals surface area contributed by atoms with Crippen molar-refractivity contribution in [2.45, 2.75) is 31.8 Å². The average molecular weight is 273 g/mol. The highest BCUT2D eigenvalue weighted by Crippen LogP contribution is 2.27. The zero-order valence-corrected chi connectivity index (χ0v) is 11.6. The fourth-order valence-electron chi connectivity index (χ4n) is 2.14. The molecule has 3 nitrogen and oxygen atoms in total. The van der Waals surface area contributed by atoms with Crippen LogP contribution in [0.5, 0.6) is 0 Å². The van der Waals surface area contributed by atoms with E-state index in [1.165, 1.54) is 4.88 Å². The van der Waals surface area contributed by atoms with Crippen LogP contribution < -0.4 is 5.32 Å². The van der Waals surface area contributed by atoms with Crippen molar-refractivity contribution in [2.24, 2.45) is 0 Å². The van der Waals surface area contributed by atoms with Gasteiger partial charge < -0.3 is 10.2 Å². The normalized spacial score (nSPS) is 22.9. The standard InChI is InChI=1S/C12H17ClN2OS/c1-8(10-4-5-11(13)17-10)14-9-3-6-12(16)15(2)7-9/h4-5,8-9,14H,3,6-7H2,1-2H3. The Morgan fingerprint density at radius 3 is 2.94 bits per heavy atom. The van der Waals surface area contributed by atoms with Gasteiger partial charge in [-0.15, -0.1) is 11.3 Å². The van der Waals surface area contributed by atoms with E-state index in [0.29, 0.717) is 18.5 Å². The summed E-state index contributed by atoms with van der Waals surface area (Å²) in [6.07, 6.45) is 1.57. The molecule has 0 saturated carbocycles. The minimum absolute atomic E-state index is 0.245. The number of halogens is 1. The molecule has 0 radical (unpaired) electrons. The number of thiophene rings is 1. The van der Waals surface area contributed by atoms with E-state index < -0.39 is 0 Å². The molecule has 2 unspecified atom stereocenters. The molecule has 1 aliphatic rings. The van der Waals surface area contributed by atoms with Gasteiger partial charge in [0.2, 0.25) is 5.91 Å². The predicted molar refractivity (Wildman–Crippen MR) is 71.5 cm³/mol. The summed E-state index contributed by atoms with van der Waals surface area (Å²) in [5.74, 6) is 0.245. The highest BCUT2D eigenvalue weighted by Gasteiger charge is 2.24. The Bertz CT molecular complexity index is 407. The van der Waals surface area contributed by atoms with Gasteiger partial charge in [0, 0.05) is 37.0 Å². The van der Waals surface area contributed by atoms with Crippen LogP contribution >= 0.6 is 22.9 Å². The Morgan fingerprint density at radius 1 is 1.59 bits per heavy atom. The average Bonchev–Trinajstić information content (AvgIpc) is 2.70. The third-order valence-corrected chi connectivity index (χ3v) is 4.55. The molecule has 17 heavy (non-hydrogen) atoms. The number of likely N-dealkylation sites (tertiary alicyclic amines) is 1. The third-order valence-electron chi connectivity index (χ3n) is 3.13. The summed E-state index contributed by atoms with van der Waals surface area (Å²) >= 11 is 7.54. The molecule has 1 saturated heterocycles. The maximum atomic E-state index is 11.4. The molecule has 5 heteroatoms. The van der Waals surface area contributed by atoms with Crippen molar-refractivity contribution in [3.8, 4) is 0 Å². The second-order valence-electron chi connectivity index (χ2n) is 4.54. The van der Waals surface area contributed by atoms with Crippen LogP contribution in [-0.4, -0.2) is 30.4 Å². The molecule has 2 heterocycles. The summed E-state index contributed by atoms with van der Waals surface area (Å²) in [7, 11) is 1.86. The second-order valence-corrected chi connectivity index (χ2v) is 6.29. The number of piperidine rings is 1. The van der Waals surface area contributed by atoms with Gasteiger partial charge in [-0.05, 0) is 25.5 Å². The zero-order chi connectivity index (χ0) is 12.4. The summed E-state index contributed by atoms with van der Waals surface area (Å²) in [6, 6.07) is 4.66. The van der Waals surface area contributed by atoms with E-state index in [0.717, 1.165) is 17.3 Å². The number of nitrogens with zero attached hydrogens (tertiary/aromatic N) is 1. The van der Waals surface area contributed by atoms with Gasteiger partial charge in [-0.2, -0.15) is 0 Å². The summed E-state index contributed by atoms with van der Waals surface area (Å²) in [6.45, 7) is 2.93. The van der Waals surface area contributed by atoms with Crippen LogP contribution in [0.2, 0.25) is 4.34 Å². The fraction of sp³-hybridized carbons (Fsp3) is 0.583. The Hall–Kier alpha value is -0.580. The Morgan fingerprint density at radius 2 is 2.35 bits per heavy atom. The minimum Gasteiger partial charge on any atom is -0.344 e. The lowest BCUT2D eigenvalue weighted by molar-refractivity contribution is -0.132. The molecule has 94 valence electrons. The number of carbonyl (C=O) groups is 1. The largest absolute Gasteiger partial charge is 0.344 e. The van der Waals surface area contributed by atoms with E-state index in [2.05, 4.69) is 18.3 Å². The van der Waals surface area contributed by atoms with Gasteiger partial charge in [0.1, 0.15) is 0 Å². The van der Waals surface area contributed by atoms with Crippen LogP contribution in [0.1, 0.15) is 30.7 Å². The Labute approximate surface area is 111 Å². The van der Waals surface area contributed by atoms with E-state index in [1.807, 2.05) is 13.1 Å². The number of amides is 1. The van der Waals surface area contributed by atoms with Crippen LogP contribution in [0, 0.1) is 0 Å². The van der Waals surface area contributed by atoms with Gasteiger partial charge in [0.25, 0.3) is 0 Å². The SMILES string of the molecule is CC(NC1CCC(=O)N(C)C1)c1ccc(Cl)s1. The van der Waals surface area contributed by atoms with Gasteiger partial charge in [-0.1, -0.05) is 11.6 Å². The number of nitrogens with one attached hydrogen (secondary N) is 1. The van der Waals surface area contributed by atoms with Crippen molar-refractivity contribution in [2.75, 3.05) is 13.6 Å². The molecule has 1 N–H and O–H groups in total. The molecule has 0 bridgehead atoms. The molecule has 1 aromatic heterocycles. The fourth-order valence-corrected chi connectivity index (χ4v) is 3.22. The highest BCUT2D eigenvalue weighted by molar-refractivity contribution is 7.16. The number of hydrogen-bond acceptors (Lipinski definition) is 3. The van der Waals surface area contributed by atoms with Crippen molar-refractivity contribution in [1.82, 2.24) is 10.2 Å². The first kappa shape index (κ1) is 12.9. The quantitative estimate of drug-likeness (QED) is 0.918. The van der Waals surface area contributed by atoms with Gasteiger partial charge in [0.15, 0.2) is 0 Å². The van der Waals surface area contributed by atoms with Crippen LogP contribution in [0.25, 0.3) is 0 Å². The van der Waals surface area contributed by atoms with E-state index in [1.54, 1.807) is 16.2 Å². The van der Waals surface area contributed by atoms with Crippen molar-refractivity contribution < 1.29 is 4.79 Å². The first-order chi connectivity index (χ1) is 8.06. The third kappa shape index (κ3) is 3.21. The Balaban J connectivity index is 1.91. The van der Waals surface area contributed by atoms with Crippen LogP contribution in [0.3, 0.4) is 0 Å². The molecule has 1 aromatic rings. The molecule has 1 aliphatic heterocycles. The number of carbonyl (C=O) groups excluding carboxylic acids is 1. The summed E-state index contributed by atoms with van der Waals surface area (Å²) < 4.78 is 0.824. The van der Waals surface area contributed by atoms with Crippen LogP contribution in [-0.2, 0) is 4.79 Å². The lowest BCUT2D eigenvalue weighted by atomic mass is 10.0. The zero-order valence-electron chi connectivity index (χ0n) is 10.1. The topological polar surface area (TPSA) is 32.3 Å². The van der Waals surface area contributed by atoms with E-state index in [4.69, 9.17) is 11.6 Å². The predicted octanol–water partition coefficient (Wildman–Crippen LogP) is 2.67. The second kappa shape index (κ2) is 5.38. The minimum atomic E-state index is 0.245. The van der Waals surface area contributed by atoms with Crippen molar-refractivity contribution in [3.63, 3.8) is 0 Å². The van der Waals surface area contributed by atoms with Crippen LogP contribution in [0.15, 0.2) is 12.1 Å². The molecule has 0 aromatic carbocycles. The first-order valence-electron chi connectivity index (χ1n) is 5.81. The van der Waals surface area contributed by atoms with Crippen molar-refractivity contribution in [3.05, 3.63) is 21.3 Å². The number of likely N-dealkylation sites (N-methyl/N-ethyl adjacent to an activating group) is 1. The molecule has 1 amide bonds. The Kier molecular flexibility index (Phi) is 4.07. The highest BCUT2D eigenvalue weighted by atomic mass is 35.5. The maximum Gasteiger partial charge on any atom is 0.222 e. The van der Waals surface area contributed by atoms with Crippen LogP contribution in [0.4, 0.5) is 0 Å². The monoisotopic (exact) mass is 272 g/mol.